The summed E-state index contributed by atoms with van der Waals surface area (Å²) in [6.45, 7) is 23.5. The van der Waals surface area contributed by atoms with Gasteiger partial charge in [0.05, 0.1) is 49.6 Å². The average Bonchev–Trinajstić information content (AvgIpc) is 3.75. The van der Waals surface area contributed by atoms with Crippen molar-refractivity contribution in [1.82, 2.24) is 25.5 Å². The van der Waals surface area contributed by atoms with Gasteiger partial charge in [0.15, 0.2) is 22.2 Å². The standard InChI is InChI=1S/C34H49FN6O5Si2/c1-32(2,3)47(7,8)43-22-34(23-44-48(9,10)33(4,5)6)18-30(38-46-34)29-14-11-24(19-36-29)27-13-12-25(17-28(27)35)41-21-26(45-31(41)42)20-40-16-15-37-39-40/h11-19,26,38H,20-23H2,1-10H3/t26-/m0/s1. The van der Waals surface area contributed by atoms with Crippen LogP contribution in [0.1, 0.15) is 47.2 Å². The van der Waals surface area contributed by atoms with Crippen LogP contribution in [0.2, 0.25) is 36.3 Å². The van der Waals surface area contributed by atoms with Gasteiger partial charge in [0.25, 0.3) is 0 Å². The van der Waals surface area contributed by atoms with Gasteiger partial charge in [0, 0.05) is 23.5 Å². The molecule has 0 radical (unpaired) electrons. The van der Waals surface area contributed by atoms with E-state index in [9.17, 15) is 4.79 Å². The molecule has 0 bridgehead atoms. The third-order valence-corrected chi connectivity index (χ3v) is 19.0. The minimum absolute atomic E-state index is 0.0384. The lowest BCUT2D eigenvalue weighted by Crippen LogP contribution is -2.51. The molecule has 5 rings (SSSR count). The van der Waals surface area contributed by atoms with Crippen LogP contribution in [0.25, 0.3) is 16.8 Å². The number of hydroxylamine groups is 1. The maximum atomic E-state index is 15.5. The zero-order chi connectivity index (χ0) is 35.1. The number of anilines is 1. The summed E-state index contributed by atoms with van der Waals surface area (Å²) >= 11 is 0. The first-order chi connectivity index (χ1) is 22.3. The molecule has 1 atom stereocenters. The molecule has 1 fully saturated rings. The Hall–Kier alpha value is -3.44. The Morgan fingerprint density at radius 3 is 2.23 bits per heavy atom. The number of nitrogens with one attached hydrogen (secondary N) is 1. The number of amides is 1. The van der Waals surface area contributed by atoms with E-state index in [0.717, 1.165) is 0 Å². The molecule has 0 aliphatic carbocycles. The molecular formula is C34H49FN6O5Si2. The third-order valence-electron chi connectivity index (χ3n) is 10.1. The number of cyclic esters (lactones) is 1. The van der Waals surface area contributed by atoms with Gasteiger partial charge in [0.1, 0.15) is 11.9 Å². The number of hydrogen-bond donors (Lipinski definition) is 1. The Morgan fingerprint density at radius 2 is 1.69 bits per heavy atom. The van der Waals surface area contributed by atoms with Gasteiger partial charge in [-0.1, -0.05) is 52.8 Å². The lowest BCUT2D eigenvalue weighted by Gasteiger charge is -2.41. The van der Waals surface area contributed by atoms with Gasteiger partial charge in [-0.3, -0.25) is 20.2 Å². The molecule has 1 amide bonds. The average molecular weight is 697 g/mol. The van der Waals surface area contributed by atoms with Crippen LogP contribution < -0.4 is 10.4 Å². The van der Waals surface area contributed by atoms with Crippen LogP contribution in [0, 0.1) is 5.82 Å². The summed E-state index contributed by atoms with van der Waals surface area (Å²) in [5, 5.41) is 7.77. The summed E-state index contributed by atoms with van der Waals surface area (Å²) in [6.07, 6.45) is 5.95. The summed E-state index contributed by atoms with van der Waals surface area (Å²) in [4.78, 5) is 24.9. The minimum atomic E-state index is -2.08. The topological polar surface area (TPSA) is 113 Å². The summed E-state index contributed by atoms with van der Waals surface area (Å²) in [5.74, 6) is -0.472. The van der Waals surface area contributed by atoms with E-state index in [4.69, 9.17) is 18.4 Å². The quantitative estimate of drug-likeness (QED) is 0.209. The number of ether oxygens (including phenoxy) is 1. The molecular weight excluding hydrogens is 648 g/mol. The van der Waals surface area contributed by atoms with E-state index in [1.54, 1.807) is 35.4 Å². The van der Waals surface area contributed by atoms with Gasteiger partial charge >= 0.3 is 6.09 Å². The summed E-state index contributed by atoms with van der Waals surface area (Å²) in [6, 6.07) is 8.35. The van der Waals surface area contributed by atoms with Crippen LogP contribution in [0.5, 0.6) is 0 Å². The van der Waals surface area contributed by atoms with E-state index in [1.807, 2.05) is 18.2 Å². The molecule has 14 heteroatoms. The van der Waals surface area contributed by atoms with Gasteiger partial charge in [-0.15, -0.1) is 5.10 Å². The maximum absolute atomic E-state index is 15.5. The molecule has 0 unspecified atom stereocenters. The largest absolute Gasteiger partial charge is 0.442 e. The number of rotatable bonds is 11. The van der Waals surface area contributed by atoms with E-state index >= 15 is 4.39 Å². The zero-order valence-corrected chi connectivity index (χ0v) is 31.8. The summed E-state index contributed by atoms with van der Waals surface area (Å²) in [5.41, 5.74) is 4.98. The monoisotopic (exact) mass is 696 g/mol. The van der Waals surface area contributed by atoms with Gasteiger partial charge < -0.3 is 13.6 Å². The second-order valence-electron chi connectivity index (χ2n) is 15.8. The molecule has 1 aromatic carbocycles. The Bertz CT molecular complexity index is 1600. The molecule has 2 aliphatic rings. The number of hydrogen-bond acceptors (Lipinski definition) is 9. The third kappa shape index (κ3) is 7.72. The van der Waals surface area contributed by atoms with Crippen molar-refractivity contribution in [2.75, 3.05) is 24.7 Å². The van der Waals surface area contributed by atoms with E-state index in [-0.39, 0.29) is 16.6 Å². The van der Waals surface area contributed by atoms with E-state index in [1.165, 1.54) is 11.0 Å². The molecule has 1 saturated heterocycles. The van der Waals surface area contributed by atoms with Crippen molar-refractivity contribution in [3.8, 4) is 11.1 Å². The van der Waals surface area contributed by atoms with E-state index < -0.39 is 40.3 Å². The van der Waals surface area contributed by atoms with Gasteiger partial charge in [-0.2, -0.15) is 0 Å². The van der Waals surface area contributed by atoms with Crippen molar-refractivity contribution in [3.05, 3.63) is 66.5 Å². The molecule has 4 heterocycles. The molecule has 2 aliphatic heterocycles. The predicted octanol–water partition coefficient (Wildman–Crippen LogP) is 7.16. The van der Waals surface area contributed by atoms with Crippen molar-refractivity contribution in [2.24, 2.45) is 0 Å². The highest BCUT2D eigenvalue weighted by atomic mass is 28.4. The second-order valence-corrected chi connectivity index (χ2v) is 25.4. The molecule has 11 nitrogen and oxygen atoms in total. The van der Waals surface area contributed by atoms with Crippen LogP contribution in [-0.2, 0) is 25.0 Å². The lowest BCUT2D eigenvalue weighted by atomic mass is 10.0. The molecule has 260 valence electrons. The fourth-order valence-corrected chi connectivity index (χ4v) is 6.89. The van der Waals surface area contributed by atoms with Crippen molar-refractivity contribution >= 4 is 34.1 Å². The van der Waals surface area contributed by atoms with Gasteiger partial charge in [-0.05, 0) is 66.6 Å². The number of carbonyl (C=O) groups excluding carboxylic acids is 1. The number of aromatic nitrogens is 4. The summed E-state index contributed by atoms with van der Waals surface area (Å²) in [7, 11) is -4.17. The Labute approximate surface area is 285 Å². The SMILES string of the molecule is CC(C)(C)[Si](C)(C)OCC1(CO[Si](C)(C)C(C)(C)C)C=C(c2ccc(-c3ccc(N4C[C@H](Cn5ccnn5)OC4=O)cc3F)cn2)NO1. The second kappa shape index (κ2) is 13.1. The first-order valence-corrected chi connectivity index (χ1v) is 22.1. The highest BCUT2D eigenvalue weighted by Crippen LogP contribution is 2.40. The molecule has 0 saturated carbocycles. The van der Waals surface area contributed by atoms with Crippen LogP contribution in [0.3, 0.4) is 0 Å². The van der Waals surface area contributed by atoms with Crippen LogP contribution in [0.15, 0.2) is 55.0 Å². The van der Waals surface area contributed by atoms with Gasteiger partial charge in [-0.25, -0.2) is 13.9 Å². The first-order valence-electron chi connectivity index (χ1n) is 16.3. The lowest BCUT2D eigenvalue weighted by molar-refractivity contribution is -0.0865. The van der Waals surface area contributed by atoms with Crippen LogP contribution >= 0.6 is 0 Å². The fourth-order valence-electron chi connectivity index (χ4n) is 4.81. The summed E-state index contributed by atoms with van der Waals surface area (Å²) < 4.78 is 35.8. The maximum Gasteiger partial charge on any atom is 0.414 e. The van der Waals surface area contributed by atoms with Crippen LogP contribution in [0.4, 0.5) is 14.9 Å². The van der Waals surface area contributed by atoms with E-state index in [0.29, 0.717) is 48.0 Å². The number of halogens is 1. The molecule has 3 aromatic rings. The Morgan fingerprint density at radius 1 is 1.02 bits per heavy atom. The van der Waals surface area contributed by atoms with Crippen molar-refractivity contribution in [3.63, 3.8) is 0 Å². The van der Waals surface area contributed by atoms with Gasteiger partial charge in [0.2, 0.25) is 0 Å². The molecule has 2 aromatic heterocycles. The highest BCUT2D eigenvalue weighted by Gasteiger charge is 2.46. The number of nitrogens with zero attached hydrogens (tertiary/aromatic N) is 5. The Balaban J connectivity index is 1.32. The number of pyridine rings is 1. The number of benzene rings is 1. The van der Waals surface area contributed by atoms with E-state index in [2.05, 4.69) is 88.5 Å². The first kappa shape index (κ1) is 35.9. The normalized spacial score (nSPS) is 18.6. The van der Waals surface area contributed by atoms with Crippen molar-refractivity contribution < 1.29 is 27.6 Å². The van der Waals surface area contributed by atoms with Crippen molar-refractivity contribution in [2.45, 2.75) is 96.1 Å². The van der Waals surface area contributed by atoms with Crippen LogP contribution in [-0.4, -0.2) is 74.2 Å². The number of carbonyl (C=O) groups is 1. The molecule has 48 heavy (non-hydrogen) atoms. The minimum Gasteiger partial charge on any atom is -0.442 e. The molecule has 1 N–H and O–H groups in total. The highest BCUT2D eigenvalue weighted by molar-refractivity contribution is 6.74. The zero-order valence-electron chi connectivity index (χ0n) is 29.8. The Kier molecular flexibility index (Phi) is 9.80. The smallest absolute Gasteiger partial charge is 0.414 e. The molecule has 0 spiro atoms. The van der Waals surface area contributed by atoms with Crippen molar-refractivity contribution in [1.29, 1.82) is 0 Å². The fraction of sp³-hybridized carbons (Fsp3) is 0.529. The predicted molar refractivity (Wildman–Crippen MR) is 188 cm³/mol.